The minimum Gasteiger partial charge on any atom is -0.504 e. The summed E-state index contributed by atoms with van der Waals surface area (Å²) in [5.74, 6) is 0.794. The monoisotopic (exact) mass is 468 g/mol. The summed E-state index contributed by atoms with van der Waals surface area (Å²) in [5.41, 5.74) is 2.86. The number of hydrogen-bond donors (Lipinski definition) is 6. The van der Waals surface area contributed by atoms with Gasteiger partial charge in [-0.25, -0.2) is 0 Å². The second kappa shape index (κ2) is 8.46. The number of aromatic hydroxyl groups is 3. The molecule has 34 heavy (non-hydrogen) atoms. The highest BCUT2D eigenvalue weighted by Gasteiger charge is 2.64. The zero-order valence-corrected chi connectivity index (χ0v) is 19.3. The Kier molecular flexibility index (Phi) is 5.72. The Morgan fingerprint density at radius 1 is 1.12 bits per heavy atom. The Balaban J connectivity index is 0.000000161. The molecule has 2 aromatic carbocycles. The second-order valence-electron chi connectivity index (χ2n) is 9.75. The molecule has 2 aliphatic heterocycles. The molecule has 2 aromatic rings. The molecular weight excluding hydrogens is 436 g/mol. The van der Waals surface area contributed by atoms with E-state index in [0.717, 1.165) is 19.4 Å². The number of nitrogens with zero attached hydrogens (tertiary/aromatic N) is 1. The van der Waals surface area contributed by atoms with E-state index in [9.17, 15) is 15.3 Å². The lowest BCUT2D eigenvalue weighted by Gasteiger charge is -2.56. The molecule has 0 saturated carbocycles. The standard InChI is InChI=1S/C17H19NO3.C9H13NO3/c1-18-7-6-17-10-3-5-13(20)16(17)21-15-12(19)4-2-9(14(15)17)8-11(10)18;1-10-5-9(13)6-2-3-7(11)8(12)4-6/h2-5,10-11,13,16,19-20H,6-8H2,1H3;2-4,9-13H,5H2,1H3/t10-,11+,13-,16-,17-;9-/m00/s1. The fourth-order valence-corrected chi connectivity index (χ4v) is 6.30. The predicted molar refractivity (Wildman–Crippen MR) is 126 cm³/mol. The van der Waals surface area contributed by atoms with Crippen LogP contribution in [0.25, 0.3) is 0 Å². The van der Waals surface area contributed by atoms with Gasteiger partial charge in [0.25, 0.3) is 0 Å². The lowest BCUT2D eigenvalue weighted by molar-refractivity contribution is -0.0453. The summed E-state index contributed by atoms with van der Waals surface area (Å²) in [6.07, 6.45) is 4.51. The van der Waals surface area contributed by atoms with Gasteiger partial charge in [-0.2, -0.15) is 0 Å². The van der Waals surface area contributed by atoms with E-state index in [1.165, 1.54) is 23.3 Å². The van der Waals surface area contributed by atoms with Crippen LogP contribution in [0.1, 0.15) is 29.2 Å². The molecule has 8 nitrogen and oxygen atoms in total. The van der Waals surface area contributed by atoms with Gasteiger partial charge >= 0.3 is 0 Å². The number of benzene rings is 2. The number of likely N-dealkylation sites (N-methyl/N-ethyl adjacent to an activating group) is 2. The number of ether oxygens (including phenoxy) is 1. The van der Waals surface area contributed by atoms with E-state index in [1.807, 2.05) is 12.1 Å². The van der Waals surface area contributed by atoms with Crippen molar-refractivity contribution in [3.8, 4) is 23.0 Å². The number of rotatable bonds is 3. The van der Waals surface area contributed by atoms with Gasteiger partial charge in [-0.3, -0.25) is 0 Å². The molecule has 0 radical (unpaired) electrons. The van der Waals surface area contributed by atoms with E-state index < -0.39 is 12.2 Å². The molecule has 182 valence electrons. The van der Waals surface area contributed by atoms with E-state index >= 15 is 0 Å². The number of aliphatic hydroxyl groups is 2. The molecule has 2 bridgehead atoms. The summed E-state index contributed by atoms with van der Waals surface area (Å²) in [6, 6.07) is 8.49. The SMILES string of the molecule is CN1CC[C@]23c4c5ccc(O)c4O[C@H]2[C@@H](O)C=C[C@H]3[C@H]1C5.CNC[C@H](O)c1ccc(O)c(O)c1. The summed E-state index contributed by atoms with van der Waals surface area (Å²) >= 11 is 0. The summed E-state index contributed by atoms with van der Waals surface area (Å²) in [5, 5.41) is 51.1. The molecule has 1 fully saturated rings. The van der Waals surface area contributed by atoms with Gasteiger partial charge < -0.3 is 40.5 Å². The second-order valence-corrected chi connectivity index (χ2v) is 9.75. The van der Waals surface area contributed by atoms with Gasteiger partial charge in [0, 0.05) is 29.5 Å². The number of piperidine rings is 1. The molecule has 1 saturated heterocycles. The molecular formula is C26H32N2O6. The van der Waals surface area contributed by atoms with Crippen molar-refractivity contribution in [2.75, 3.05) is 27.2 Å². The van der Waals surface area contributed by atoms with Crippen LogP contribution in [0.5, 0.6) is 23.0 Å². The van der Waals surface area contributed by atoms with Crippen LogP contribution < -0.4 is 10.1 Å². The molecule has 0 unspecified atom stereocenters. The van der Waals surface area contributed by atoms with Crippen LogP contribution in [-0.4, -0.2) is 75.9 Å². The molecule has 4 aliphatic rings. The van der Waals surface area contributed by atoms with Crippen LogP contribution in [0, 0.1) is 5.92 Å². The Labute approximate surface area is 198 Å². The van der Waals surface area contributed by atoms with Gasteiger partial charge in [0.2, 0.25) is 0 Å². The molecule has 2 heterocycles. The smallest absolute Gasteiger partial charge is 0.165 e. The van der Waals surface area contributed by atoms with Crippen molar-refractivity contribution >= 4 is 0 Å². The van der Waals surface area contributed by atoms with Gasteiger partial charge in [-0.05, 0) is 62.8 Å². The van der Waals surface area contributed by atoms with Crippen LogP contribution in [0.15, 0.2) is 42.5 Å². The number of phenols is 3. The highest BCUT2D eigenvalue weighted by Crippen LogP contribution is 2.62. The topological polar surface area (TPSA) is 126 Å². The highest BCUT2D eigenvalue weighted by atomic mass is 16.5. The lowest BCUT2D eigenvalue weighted by atomic mass is 9.53. The minimum atomic E-state index is -0.670. The lowest BCUT2D eigenvalue weighted by Crippen LogP contribution is -2.64. The number of phenolic OH excluding ortho intramolecular Hbond substituents is 3. The van der Waals surface area contributed by atoms with Gasteiger partial charge in [0.15, 0.2) is 23.0 Å². The normalized spacial score (nSPS) is 31.2. The summed E-state index contributed by atoms with van der Waals surface area (Å²) < 4.78 is 6.09. The minimum absolute atomic E-state index is 0.160. The largest absolute Gasteiger partial charge is 0.504 e. The number of likely N-dealkylation sites (tertiary alicyclic amines) is 1. The van der Waals surface area contributed by atoms with E-state index in [4.69, 9.17) is 14.9 Å². The first-order chi connectivity index (χ1) is 16.3. The predicted octanol–water partition coefficient (Wildman–Crippen LogP) is 1.55. The number of aliphatic hydroxyl groups excluding tert-OH is 2. The third-order valence-corrected chi connectivity index (χ3v) is 7.93. The molecule has 0 amide bonds. The maximum absolute atomic E-state index is 10.4. The maximum atomic E-state index is 10.4. The van der Waals surface area contributed by atoms with Crippen molar-refractivity contribution in [2.24, 2.45) is 5.92 Å². The van der Waals surface area contributed by atoms with Crippen LogP contribution in [0.2, 0.25) is 0 Å². The fourth-order valence-electron chi connectivity index (χ4n) is 6.30. The van der Waals surface area contributed by atoms with Gasteiger partial charge in [0.1, 0.15) is 12.2 Å². The van der Waals surface area contributed by atoms with E-state index in [1.54, 1.807) is 19.2 Å². The van der Waals surface area contributed by atoms with E-state index in [-0.39, 0.29) is 28.8 Å². The zero-order chi connectivity index (χ0) is 24.2. The third kappa shape index (κ3) is 3.36. The van der Waals surface area contributed by atoms with Crippen molar-refractivity contribution in [3.63, 3.8) is 0 Å². The fraction of sp³-hybridized carbons (Fsp3) is 0.462. The van der Waals surface area contributed by atoms with Crippen LogP contribution in [-0.2, 0) is 11.8 Å². The average molecular weight is 469 g/mol. The van der Waals surface area contributed by atoms with Gasteiger partial charge in [0.05, 0.1) is 6.10 Å². The summed E-state index contributed by atoms with van der Waals surface area (Å²) in [4.78, 5) is 2.43. The Morgan fingerprint density at radius 3 is 2.62 bits per heavy atom. The highest BCUT2D eigenvalue weighted by molar-refractivity contribution is 5.61. The first-order valence-corrected chi connectivity index (χ1v) is 11.7. The van der Waals surface area contributed by atoms with Crippen molar-refractivity contribution in [3.05, 3.63) is 59.2 Å². The Morgan fingerprint density at radius 2 is 1.88 bits per heavy atom. The molecule has 2 aliphatic carbocycles. The molecule has 1 spiro atoms. The summed E-state index contributed by atoms with van der Waals surface area (Å²) in [6.45, 7) is 1.42. The third-order valence-electron chi connectivity index (χ3n) is 7.93. The van der Waals surface area contributed by atoms with Crippen LogP contribution >= 0.6 is 0 Å². The Hall–Kier alpha value is -2.78. The molecule has 6 rings (SSSR count). The van der Waals surface area contributed by atoms with Gasteiger partial charge in [-0.15, -0.1) is 0 Å². The zero-order valence-electron chi connectivity index (χ0n) is 19.3. The summed E-state index contributed by atoms with van der Waals surface area (Å²) in [7, 11) is 3.91. The van der Waals surface area contributed by atoms with Gasteiger partial charge in [-0.1, -0.05) is 24.3 Å². The molecule has 0 aromatic heterocycles. The van der Waals surface area contributed by atoms with Crippen molar-refractivity contribution in [1.29, 1.82) is 0 Å². The van der Waals surface area contributed by atoms with Crippen molar-refractivity contribution in [2.45, 2.75) is 42.6 Å². The van der Waals surface area contributed by atoms with Crippen molar-refractivity contribution in [1.82, 2.24) is 10.2 Å². The quantitative estimate of drug-likeness (QED) is 0.296. The van der Waals surface area contributed by atoms with Crippen LogP contribution in [0.4, 0.5) is 0 Å². The van der Waals surface area contributed by atoms with E-state index in [0.29, 0.717) is 29.8 Å². The average Bonchev–Trinajstić information content (AvgIpc) is 3.17. The first-order valence-electron chi connectivity index (χ1n) is 11.7. The molecule has 6 atom stereocenters. The first kappa shape index (κ1) is 23.0. The van der Waals surface area contributed by atoms with Crippen LogP contribution in [0.3, 0.4) is 0 Å². The van der Waals surface area contributed by atoms with E-state index in [2.05, 4.69) is 23.3 Å². The number of hydrogen-bond acceptors (Lipinski definition) is 8. The molecule has 6 N–H and O–H groups in total. The Bertz CT molecular complexity index is 1120. The molecule has 8 heteroatoms. The van der Waals surface area contributed by atoms with Crippen molar-refractivity contribution < 1.29 is 30.3 Å². The maximum Gasteiger partial charge on any atom is 0.165 e. The number of nitrogens with one attached hydrogen (secondary N) is 1.